The second kappa shape index (κ2) is 6.57. The van der Waals surface area contributed by atoms with E-state index in [0.29, 0.717) is 29.1 Å². The van der Waals surface area contributed by atoms with Gasteiger partial charge >= 0.3 is 0 Å². The Bertz CT molecular complexity index is 628. The van der Waals surface area contributed by atoms with Crippen LogP contribution >= 0.6 is 23.4 Å². The van der Waals surface area contributed by atoms with Crippen LogP contribution in [0.2, 0.25) is 0 Å². The first-order valence-electron chi connectivity index (χ1n) is 7.59. The topological polar surface area (TPSA) is 17.8 Å². The molecule has 0 amide bonds. The van der Waals surface area contributed by atoms with Crippen LogP contribution in [-0.4, -0.2) is 26.4 Å². The molecule has 114 valence electrons. The van der Waals surface area contributed by atoms with E-state index < -0.39 is 0 Å². The number of hydrogen-bond donors (Lipinski definition) is 0. The maximum atomic E-state index is 14.0. The number of rotatable bonds is 5. The molecule has 2 atom stereocenters. The van der Waals surface area contributed by atoms with E-state index in [9.17, 15) is 4.39 Å². The number of halogens is 2. The minimum absolute atomic E-state index is 0.236. The third-order valence-electron chi connectivity index (χ3n) is 4.19. The normalized spacial score (nSPS) is 22.2. The number of para-hydroxylation sites is 1. The maximum absolute atomic E-state index is 14.0. The zero-order chi connectivity index (χ0) is 14.8. The van der Waals surface area contributed by atoms with Crippen LogP contribution in [0.25, 0.3) is 11.0 Å². The molecule has 0 aliphatic heterocycles. The number of aryl methyl sites for hydroxylation is 1. The molecule has 0 spiro atoms. The van der Waals surface area contributed by atoms with Gasteiger partial charge in [0.15, 0.2) is 5.82 Å². The average molecular weight is 327 g/mol. The molecule has 1 fully saturated rings. The molecule has 1 aromatic carbocycles. The standard InChI is InChI=1S/C16H20ClFN2S/c1-2-21-14-8-4-6-12(14)20-13-7-3-5-11(18)16(13)19-15(20)9-10-17/h3,5,7,12,14H,2,4,6,8-10H2,1H3. The zero-order valence-corrected chi connectivity index (χ0v) is 13.8. The van der Waals surface area contributed by atoms with E-state index in [4.69, 9.17) is 11.6 Å². The molecule has 1 aliphatic carbocycles. The Labute approximate surface area is 134 Å². The number of imidazole rings is 1. The summed E-state index contributed by atoms with van der Waals surface area (Å²) in [5.74, 6) is 2.33. The van der Waals surface area contributed by atoms with Gasteiger partial charge in [-0.15, -0.1) is 11.6 Å². The number of fused-ring (bicyclic) bond motifs is 1. The van der Waals surface area contributed by atoms with Gasteiger partial charge in [0.05, 0.1) is 5.52 Å². The van der Waals surface area contributed by atoms with Crippen molar-refractivity contribution in [1.82, 2.24) is 9.55 Å². The van der Waals surface area contributed by atoms with Crippen LogP contribution in [0.1, 0.15) is 38.1 Å². The fourth-order valence-corrected chi connectivity index (χ4v) is 4.78. The highest BCUT2D eigenvalue weighted by atomic mass is 35.5. The molecule has 0 saturated heterocycles. The van der Waals surface area contributed by atoms with Crippen LogP contribution < -0.4 is 0 Å². The quantitative estimate of drug-likeness (QED) is 0.734. The lowest BCUT2D eigenvalue weighted by Gasteiger charge is -2.23. The summed E-state index contributed by atoms with van der Waals surface area (Å²) in [6.07, 6.45) is 4.31. The highest BCUT2D eigenvalue weighted by molar-refractivity contribution is 7.99. The highest BCUT2D eigenvalue weighted by Gasteiger charge is 2.31. The summed E-state index contributed by atoms with van der Waals surface area (Å²) >= 11 is 7.94. The second-order valence-electron chi connectivity index (χ2n) is 5.44. The molecule has 21 heavy (non-hydrogen) atoms. The first kappa shape index (κ1) is 15.2. The van der Waals surface area contributed by atoms with Crippen LogP contribution in [0, 0.1) is 5.82 Å². The van der Waals surface area contributed by atoms with Gasteiger partial charge in [-0.05, 0) is 30.7 Å². The Hall–Kier alpha value is -0.740. The van der Waals surface area contributed by atoms with Crippen molar-refractivity contribution in [3.8, 4) is 0 Å². The van der Waals surface area contributed by atoms with Crippen molar-refractivity contribution in [2.45, 2.75) is 43.9 Å². The van der Waals surface area contributed by atoms with Crippen molar-refractivity contribution in [3.05, 3.63) is 29.8 Å². The van der Waals surface area contributed by atoms with Crippen molar-refractivity contribution in [2.24, 2.45) is 0 Å². The summed E-state index contributed by atoms with van der Waals surface area (Å²) in [5, 5.41) is 0.602. The zero-order valence-electron chi connectivity index (χ0n) is 12.2. The van der Waals surface area contributed by atoms with Crippen molar-refractivity contribution in [2.75, 3.05) is 11.6 Å². The van der Waals surface area contributed by atoms with Gasteiger partial charge in [0.2, 0.25) is 0 Å². The molecule has 2 aromatic rings. The molecule has 3 rings (SSSR count). The van der Waals surface area contributed by atoms with E-state index in [1.165, 1.54) is 18.9 Å². The van der Waals surface area contributed by atoms with E-state index in [-0.39, 0.29) is 5.82 Å². The first-order chi connectivity index (χ1) is 10.3. The van der Waals surface area contributed by atoms with Gasteiger partial charge in [-0.3, -0.25) is 0 Å². The number of nitrogens with zero attached hydrogens (tertiary/aromatic N) is 2. The Morgan fingerprint density at radius 2 is 2.29 bits per heavy atom. The Balaban J connectivity index is 2.10. The maximum Gasteiger partial charge on any atom is 0.151 e. The van der Waals surface area contributed by atoms with Crippen LogP contribution in [0.4, 0.5) is 4.39 Å². The van der Waals surface area contributed by atoms with E-state index in [2.05, 4.69) is 16.5 Å². The molecule has 0 radical (unpaired) electrons. The molecule has 1 aliphatic rings. The van der Waals surface area contributed by atoms with E-state index in [0.717, 1.165) is 23.5 Å². The largest absolute Gasteiger partial charge is 0.324 e. The SMILES string of the molecule is CCSC1CCCC1n1c(CCCl)nc2c(F)cccc21. The fraction of sp³-hybridized carbons (Fsp3) is 0.562. The number of benzene rings is 1. The van der Waals surface area contributed by atoms with Crippen molar-refractivity contribution >= 4 is 34.4 Å². The molecule has 0 bridgehead atoms. The summed E-state index contributed by atoms with van der Waals surface area (Å²) in [5.41, 5.74) is 1.41. The summed E-state index contributed by atoms with van der Waals surface area (Å²) in [6, 6.07) is 5.66. The fourth-order valence-electron chi connectivity index (χ4n) is 3.37. The Kier molecular flexibility index (Phi) is 4.75. The van der Waals surface area contributed by atoms with Crippen LogP contribution in [0.5, 0.6) is 0 Å². The van der Waals surface area contributed by atoms with Crippen molar-refractivity contribution in [1.29, 1.82) is 0 Å². The molecule has 1 saturated carbocycles. The number of alkyl halides is 1. The lowest BCUT2D eigenvalue weighted by Crippen LogP contribution is -2.19. The van der Waals surface area contributed by atoms with Crippen LogP contribution in [0.3, 0.4) is 0 Å². The van der Waals surface area contributed by atoms with Crippen LogP contribution in [0.15, 0.2) is 18.2 Å². The Morgan fingerprint density at radius 1 is 1.43 bits per heavy atom. The molecular formula is C16H20ClFN2S. The Morgan fingerprint density at radius 3 is 3.05 bits per heavy atom. The van der Waals surface area contributed by atoms with Crippen molar-refractivity contribution < 1.29 is 4.39 Å². The van der Waals surface area contributed by atoms with Gasteiger partial charge in [0.25, 0.3) is 0 Å². The molecule has 0 N–H and O–H groups in total. The van der Waals surface area contributed by atoms with Gasteiger partial charge in [0.1, 0.15) is 11.3 Å². The highest BCUT2D eigenvalue weighted by Crippen LogP contribution is 2.41. The molecule has 1 heterocycles. The second-order valence-corrected chi connectivity index (χ2v) is 7.33. The summed E-state index contributed by atoms with van der Waals surface area (Å²) in [6.45, 7) is 2.20. The predicted molar refractivity (Wildman–Crippen MR) is 88.9 cm³/mol. The minimum Gasteiger partial charge on any atom is -0.324 e. The molecule has 1 aromatic heterocycles. The van der Waals surface area contributed by atoms with Gasteiger partial charge in [0, 0.05) is 23.6 Å². The van der Waals surface area contributed by atoms with Gasteiger partial charge in [-0.2, -0.15) is 11.8 Å². The van der Waals surface area contributed by atoms with E-state index >= 15 is 0 Å². The number of hydrogen-bond acceptors (Lipinski definition) is 2. The van der Waals surface area contributed by atoms with Gasteiger partial charge in [-0.1, -0.05) is 19.4 Å². The molecule has 5 heteroatoms. The lowest BCUT2D eigenvalue weighted by molar-refractivity contribution is 0.522. The average Bonchev–Trinajstić information content (AvgIpc) is 3.04. The van der Waals surface area contributed by atoms with E-state index in [1.807, 2.05) is 17.8 Å². The summed E-state index contributed by atoms with van der Waals surface area (Å²) in [4.78, 5) is 4.54. The molecule has 2 unspecified atom stereocenters. The van der Waals surface area contributed by atoms with Crippen molar-refractivity contribution in [3.63, 3.8) is 0 Å². The predicted octanol–water partition coefficient (Wildman–Crippen LogP) is 4.80. The number of aromatic nitrogens is 2. The summed E-state index contributed by atoms with van der Waals surface area (Å²) in [7, 11) is 0. The van der Waals surface area contributed by atoms with Gasteiger partial charge in [-0.25, -0.2) is 9.37 Å². The molecule has 2 nitrogen and oxygen atoms in total. The van der Waals surface area contributed by atoms with Crippen LogP contribution in [-0.2, 0) is 6.42 Å². The third-order valence-corrected chi connectivity index (χ3v) is 5.69. The van der Waals surface area contributed by atoms with E-state index in [1.54, 1.807) is 6.07 Å². The smallest absolute Gasteiger partial charge is 0.151 e. The monoisotopic (exact) mass is 326 g/mol. The van der Waals surface area contributed by atoms with Gasteiger partial charge < -0.3 is 4.57 Å². The molecular weight excluding hydrogens is 307 g/mol. The summed E-state index contributed by atoms with van der Waals surface area (Å²) < 4.78 is 16.3. The minimum atomic E-state index is -0.236. The first-order valence-corrected chi connectivity index (χ1v) is 9.17. The lowest BCUT2D eigenvalue weighted by atomic mass is 10.2. The number of thioether (sulfide) groups is 1. The third kappa shape index (κ3) is 2.80.